The molecule has 2 heterocycles. The summed E-state index contributed by atoms with van der Waals surface area (Å²) in [5, 5.41) is 11.5. The maximum absolute atomic E-state index is 12.8. The van der Waals surface area contributed by atoms with Gasteiger partial charge in [-0.2, -0.15) is 5.10 Å². The lowest BCUT2D eigenvalue weighted by atomic mass is 9.95. The van der Waals surface area contributed by atoms with Crippen molar-refractivity contribution >= 4 is 32.7 Å². The second-order valence-electron chi connectivity index (χ2n) is 7.15. The van der Waals surface area contributed by atoms with Gasteiger partial charge in [-0.3, -0.25) is 4.79 Å². The van der Waals surface area contributed by atoms with Crippen molar-refractivity contribution in [2.75, 3.05) is 24.7 Å². The molecule has 0 unspecified atom stereocenters. The molecule has 1 aliphatic rings. The van der Waals surface area contributed by atoms with Crippen molar-refractivity contribution in [2.24, 2.45) is 0 Å². The zero-order valence-electron chi connectivity index (χ0n) is 16.4. The molecular weight excluding hydrogens is 380 g/mol. The molecule has 2 aromatic rings. The van der Waals surface area contributed by atoms with Crippen LogP contribution in [0.5, 0.6) is 0 Å². The number of nitrogens with zero attached hydrogens (tertiary/aromatic N) is 3. The Labute approximate surface area is 165 Å². The Kier molecular flexibility index (Phi) is 6.50. The lowest BCUT2D eigenvalue weighted by molar-refractivity contribution is 0.0955. The van der Waals surface area contributed by atoms with E-state index in [1.54, 1.807) is 17.1 Å². The first kappa shape index (κ1) is 20.5. The van der Waals surface area contributed by atoms with Gasteiger partial charge in [-0.05, 0) is 19.8 Å². The molecule has 3 rings (SSSR count). The van der Waals surface area contributed by atoms with E-state index in [-0.39, 0.29) is 19.0 Å². The molecule has 1 saturated carbocycles. The largest absolute Gasteiger partial charge is 0.381 e. The van der Waals surface area contributed by atoms with Crippen LogP contribution in [0.3, 0.4) is 0 Å². The number of anilines is 1. The van der Waals surface area contributed by atoms with E-state index in [1.165, 1.54) is 19.3 Å². The Balaban J connectivity index is 1.83. The van der Waals surface area contributed by atoms with Gasteiger partial charge in [-0.1, -0.05) is 19.3 Å². The summed E-state index contributed by atoms with van der Waals surface area (Å²) in [5.41, 5.74) is 1.95. The highest BCUT2D eigenvalue weighted by molar-refractivity contribution is 7.88. The van der Waals surface area contributed by atoms with Gasteiger partial charge >= 0.3 is 0 Å². The average Bonchev–Trinajstić information content (AvgIpc) is 3.09. The summed E-state index contributed by atoms with van der Waals surface area (Å²) in [6.07, 6.45) is 10.2. The molecule has 1 fully saturated rings. The van der Waals surface area contributed by atoms with Crippen molar-refractivity contribution in [3.8, 4) is 0 Å². The Morgan fingerprint density at radius 2 is 1.96 bits per heavy atom. The van der Waals surface area contributed by atoms with Gasteiger partial charge in [-0.25, -0.2) is 22.8 Å². The molecule has 154 valence electrons. The lowest BCUT2D eigenvalue weighted by Crippen LogP contribution is -2.35. The Bertz CT molecular complexity index is 934. The quantitative estimate of drug-likeness (QED) is 0.570. The van der Waals surface area contributed by atoms with Crippen LogP contribution >= 0.6 is 0 Å². The Hall–Kier alpha value is -2.20. The first-order valence-corrected chi connectivity index (χ1v) is 11.6. The van der Waals surface area contributed by atoms with E-state index < -0.39 is 10.0 Å². The van der Waals surface area contributed by atoms with Crippen molar-refractivity contribution in [3.63, 3.8) is 0 Å². The van der Waals surface area contributed by atoms with Crippen molar-refractivity contribution in [2.45, 2.75) is 51.6 Å². The van der Waals surface area contributed by atoms with Crippen molar-refractivity contribution in [3.05, 3.63) is 18.0 Å². The normalized spacial score (nSPS) is 15.6. The molecule has 0 aromatic carbocycles. The second kappa shape index (κ2) is 8.87. The smallest absolute Gasteiger partial charge is 0.255 e. The van der Waals surface area contributed by atoms with Gasteiger partial charge in [0.05, 0.1) is 29.1 Å². The number of amides is 1. The van der Waals surface area contributed by atoms with Gasteiger partial charge in [0.2, 0.25) is 10.0 Å². The van der Waals surface area contributed by atoms with Crippen LogP contribution in [0.4, 0.5) is 5.69 Å². The predicted molar refractivity (Wildman–Crippen MR) is 109 cm³/mol. The van der Waals surface area contributed by atoms with Crippen LogP contribution < -0.4 is 15.4 Å². The number of aryl methyl sites for hydroxylation is 1. The maximum Gasteiger partial charge on any atom is 0.255 e. The summed E-state index contributed by atoms with van der Waals surface area (Å²) in [7, 11) is -3.28. The van der Waals surface area contributed by atoms with Crippen molar-refractivity contribution in [1.29, 1.82) is 0 Å². The Morgan fingerprint density at radius 3 is 2.64 bits per heavy atom. The summed E-state index contributed by atoms with van der Waals surface area (Å²) in [6.45, 7) is 3.03. The minimum atomic E-state index is -3.28. The van der Waals surface area contributed by atoms with Gasteiger partial charge in [0.15, 0.2) is 5.65 Å². The Morgan fingerprint density at radius 1 is 1.21 bits per heavy atom. The van der Waals surface area contributed by atoms with Crippen LogP contribution in [0.2, 0.25) is 0 Å². The van der Waals surface area contributed by atoms with E-state index in [4.69, 9.17) is 0 Å². The van der Waals surface area contributed by atoms with Gasteiger partial charge in [0.25, 0.3) is 5.91 Å². The number of carbonyl (C=O) groups excluding carboxylic acids is 1. The van der Waals surface area contributed by atoms with Gasteiger partial charge in [-0.15, -0.1) is 0 Å². The standard InChI is InChI=1S/C18H28N6O3S/c1-3-24-17-14(12-21-24)16(23-13-7-5-4-6-8-13)15(11-20-17)18(25)19-9-10-22-28(2,26)27/h11-13,22H,3-10H2,1-2H3,(H,19,25)(H,20,23). The van der Waals surface area contributed by atoms with Crippen LogP contribution in [0.25, 0.3) is 11.0 Å². The van der Waals surface area contributed by atoms with E-state index >= 15 is 0 Å². The highest BCUT2D eigenvalue weighted by Gasteiger charge is 2.21. The van der Waals surface area contributed by atoms with E-state index in [0.29, 0.717) is 18.2 Å². The molecule has 0 spiro atoms. The summed E-state index contributed by atoms with van der Waals surface area (Å²) >= 11 is 0. The fraction of sp³-hybridized carbons (Fsp3) is 0.611. The molecule has 10 heteroatoms. The van der Waals surface area contributed by atoms with E-state index in [0.717, 1.165) is 35.8 Å². The molecule has 28 heavy (non-hydrogen) atoms. The number of sulfonamides is 1. The number of fused-ring (bicyclic) bond motifs is 1. The molecule has 2 aromatic heterocycles. The molecule has 0 atom stereocenters. The number of aromatic nitrogens is 3. The lowest BCUT2D eigenvalue weighted by Gasteiger charge is -2.25. The monoisotopic (exact) mass is 408 g/mol. The van der Waals surface area contributed by atoms with Crippen LogP contribution in [0.1, 0.15) is 49.4 Å². The molecule has 0 radical (unpaired) electrons. The predicted octanol–water partition coefficient (Wildman–Crippen LogP) is 1.47. The highest BCUT2D eigenvalue weighted by Crippen LogP contribution is 2.29. The zero-order chi connectivity index (χ0) is 20.1. The number of hydrogen-bond donors (Lipinski definition) is 3. The molecular formula is C18H28N6O3S. The summed E-state index contributed by atoms with van der Waals surface area (Å²) in [6, 6.07) is 0.322. The van der Waals surface area contributed by atoms with E-state index in [9.17, 15) is 13.2 Å². The van der Waals surface area contributed by atoms with Crippen LogP contribution in [0.15, 0.2) is 12.4 Å². The molecule has 0 saturated heterocycles. The van der Waals surface area contributed by atoms with Crippen LogP contribution in [0, 0.1) is 0 Å². The SMILES string of the molecule is CCn1ncc2c(NC3CCCCC3)c(C(=O)NCCNS(C)(=O)=O)cnc21. The molecule has 1 amide bonds. The molecule has 0 aliphatic heterocycles. The third kappa shape index (κ3) is 4.99. The number of pyridine rings is 1. The van der Waals surface area contributed by atoms with Gasteiger partial charge < -0.3 is 10.6 Å². The highest BCUT2D eigenvalue weighted by atomic mass is 32.2. The third-order valence-corrected chi connectivity index (χ3v) is 5.67. The molecule has 9 nitrogen and oxygen atoms in total. The number of hydrogen-bond acceptors (Lipinski definition) is 6. The van der Waals surface area contributed by atoms with Gasteiger partial charge in [0.1, 0.15) is 0 Å². The number of carbonyl (C=O) groups is 1. The molecule has 3 N–H and O–H groups in total. The molecule has 1 aliphatic carbocycles. The van der Waals surface area contributed by atoms with Crippen molar-refractivity contribution < 1.29 is 13.2 Å². The zero-order valence-corrected chi connectivity index (χ0v) is 17.2. The first-order valence-electron chi connectivity index (χ1n) is 9.73. The van der Waals surface area contributed by atoms with E-state index in [2.05, 4.69) is 25.4 Å². The summed E-state index contributed by atoms with van der Waals surface area (Å²) < 4.78 is 26.5. The minimum absolute atomic E-state index is 0.138. The summed E-state index contributed by atoms with van der Waals surface area (Å²) in [4.78, 5) is 17.2. The van der Waals surface area contributed by atoms with Crippen molar-refractivity contribution in [1.82, 2.24) is 24.8 Å². The number of nitrogens with one attached hydrogen (secondary N) is 3. The second-order valence-corrected chi connectivity index (χ2v) is 8.98. The van der Waals surface area contributed by atoms with E-state index in [1.807, 2.05) is 6.92 Å². The average molecular weight is 409 g/mol. The topological polar surface area (TPSA) is 118 Å². The summed E-state index contributed by atoms with van der Waals surface area (Å²) in [5.74, 6) is -0.285. The molecule has 0 bridgehead atoms. The number of rotatable bonds is 8. The minimum Gasteiger partial charge on any atom is -0.381 e. The van der Waals surface area contributed by atoms with Gasteiger partial charge in [0, 0.05) is 31.9 Å². The third-order valence-electron chi connectivity index (χ3n) is 4.94. The van der Waals surface area contributed by atoms with Crippen LogP contribution in [-0.2, 0) is 16.6 Å². The fourth-order valence-electron chi connectivity index (χ4n) is 3.54. The van der Waals surface area contributed by atoms with Crippen LogP contribution in [-0.4, -0.2) is 54.5 Å². The first-order chi connectivity index (χ1) is 13.4. The maximum atomic E-state index is 12.8. The fourth-order valence-corrected chi connectivity index (χ4v) is 4.02.